The van der Waals surface area contributed by atoms with Gasteiger partial charge in [-0.05, 0) is 67.7 Å². The molecule has 1 rings (SSSR count). The summed E-state index contributed by atoms with van der Waals surface area (Å²) in [6, 6.07) is 5.03. The van der Waals surface area contributed by atoms with E-state index in [2.05, 4.69) is 39.8 Å². The third-order valence-electron chi connectivity index (χ3n) is 21.9. The predicted molar refractivity (Wildman–Crippen MR) is 419 cm³/mol. The molecule has 0 atom stereocenters. The van der Waals surface area contributed by atoms with Crippen LogP contribution in [-0.2, 0) is 19.3 Å². The Labute approximate surface area is 578 Å². The van der Waals surface area contributed by atoms with Gasteiger partial charge in [0.2, 0.25) is 0 Å². The van der Waals surface area contributed by atoms with Crippen LogP contribution < -0.4 is 0 Å². The highest BCUT2D eigenvalue weighted by Gasteiger charge is 2.12. The van der Waals surface area contributed by atoms with E-state index in [-0.39, 0.29) is 0 Å². The molecule has 0 unspecified atom stereocenters. The van der Waals surface area contributed by atoms with Gasteiger partial charge in [-0.15, -0.1) is 0 Å². The summed E-state index contributed by atoms with van der Waals surface area (Å²) >= 11 is 0. The van der Waals surface area contributed by atoms with Crippen molar-refractivity contribution in [3.63, 3.8) is 0 Å². The second kappa shape index (κ2) is 78.2. The zero-order valence-corrected chi connectivity index (χ0v) is 64.1. The van der Waals surface area contributed by atoms with E-state index in [4.69, 9.17) is 0 Å². The smallest absolute Gasteiger partial charge is 0.0238 e. The molecule has 0 fully saturated rings. The second-order valence-electron chi connectivity index (χ2n) is 31.2. The lowest BCUT2D eigenvalue weighted by Crippen LogP contribution is -2.03. The predicted octanol–water partition coefficient (Wildman–Crippen LogP) is 34.0. The van der Waals surface area contributed by atoms with Crippen LogP contribution in [0.25, 0.3) is 0 Å². The van der Waals surface area contributed by atoms with Crippen LogP contribution in [0.2, 0.25) is 0 Å². The minimum absolute atomic E-state index is 1.28. The molecule has 0 spiro atoms. The van der Waals surface area contributed by atoms with Gasteiger partial charge < -0.3 is 0 Å². The van der Waals surface area contributed by atoms with Crippen molar-refractivity contribution in [1.29, 1.82) is 0 Å². The maximum absolute atomic E-state index is 4.57. The lowest BCUT2D eigenvalue weighted by atomic mass is 9.88. The number of rotatable bonds is 81. The zero-order chi connectivity index (χ0) is 65.0. The van der Waals surface area contributed by atoms with E-state index >= 15 is 0 Å². The summed E-state index contributed by atoms with van der Waals surface area (Å²) in [7, 11) is 0. The third-order valence-corrected chi connectivity index (χ3v) is 21.9. The molecule has 1 aromatic rings. The van der Waals surface area contributed by atoms with Gasteiger partial charge in [0.25, 0.3) is 0 Å². The van der Waals surface area contributed by atoms with Gasteiger partial charge in [0.05, 0.1) is 0 Å². The van der Waals surface area contributed by atoms with Gasteiger partial charge in [0, 0.05) is 0 Å². The van der Waals surface area contributed by atoms with Gasteiger partial charge in [-0.1, -0.05) is 514 Å². The van der Waals surface area contributed by atoms with Crippen LogP contribution in [0.15, 0.2) is 12.1 Å². The molecule has 0 aliphatic carbocycles. The fraction of sp³-hybridized carbons (Fsp3) is 0.923. The van der Waals surface area contributed by atoms with E-state index in [1.54, 1.807) is 16.7 Å². The van der Waals surface area contributed by atoms with Crippen molar-refractivity contribution in [2.45, 2.75) is 541 Å². The van der Waals surface area contributed by atoms with Crippen LogP contribution in [-0.4, -0.2) is 0 Å². The molecule has 1 aromatic carbocycles. The molecular weight excluding hydrogens is 1090 g/mol. The van der Waals surface area contributed by atoms with Crippen LogP contribution in [0.4, 0.5) is 0 Å². The Bertz CT molecular complexity index is 1370. The molecule has 0 N–H and O–H groups in total. The first-order valence-electron chi connectivity index (χ1n) is 44.2. The van der Waals surface area contributed by atoms with E-state index in [9.17, 15) is 0 Å². The van der Waals surface area contributed by atoms with Crippen molar-refractivity contribution in [2.24, 2.45) is 0 Å². The SMILES string of the molecule is [CH2]c1cc(CCCCCCCCCCCCCCCCCCCCCCCCCCCC)c(CCCCCCCCCCCCCCCCCCCCCCCCCCCC)c(CCCCCCCCCCCCCCCCCCCCCCCCCCCC)c1. The van der Waals surface area contributed by atoms with Gasteiger partial charge in [-0.3, -0.25) is 0 Å². The van der Waals surface area contributed by atoms with Gasteiger partial charge >= 0.3 is 0 Å². The second-order valence-corrected chi connectivity index (χ2v) is 31.2. The minimum atomic E-state index is 1.28. The molecule has 91 heavy (non-hydrogen) atoms. The molecule has 0 bridgehead atoms. The highest BCUT2D eigenvalue weighted by Crippen LogP contribution is 2.27. The molecule has 0 aromatic heterocycles. The van der Waals surface area contributed by atoms with Crippen LogP contribution in [0, 0.1) is 6.92 Å². The quantitative estimate of drug-likeness (QED) is 0.0570. The molecule has 0 heterocycles. The van der Waals surface area contributed by atoms with Crippen LogP contribution in [0.1, 0.15) is 544 Å². The summed E-state index contributed by atoms with van der Waals surface area (Å²) in [5.41, 5.74) is 6.40. The van der Waals surface area contributed by atoms with Crippen molar-refractivity contribution >= 4 is 0 Å². The highest BCUT2D eigenvalue weighted by molar-refractivity contribution is 5.41. The maximum Gasteiger partial charge on any atom is -0.0238 e. The minimum Gasteiger partial charge on any atom is -0.0654 e. The van der Waals surface area contributed by atoms with E-state index in [0.717, 1.165) is 0 Å². The Balaban J connectivity index is 2.26. The van der Waals surface area contributed by atoms with Gasteiger partial charge in [-0.2, -0.15) is 0 Å². The normalized spacial score (nSPS) is 11.8. The standard InChI is InChI=1S/C91H175/c1-5-8-11-14-17-20-23-26-29-32-35-38-41-44-47-50-53-56-59-62-65-68-71-74-77-80-83-89-86-88(4)87-90(84-81-78-75-72-69-66-63-60-57-54-51-48-45-42-39-36-33-30-27-24-21-18-15-12-9-6-2)91(89)85-82-79-76-73-70-67-64-61-58-55-52-49-46-43-40-37-34-31-28-25-22-19-16-13-10-7-3/h86-87H,4-85H2,1-3H3. The van der Waals surface area contributed by atoms with E-state index < -0.39 is 0 Å². The Kier molecular flexibility index (Phi) is 75.8. The third kappa shape index (κ3) is 68.9. The summed E-state index contributed by atoms with van der Waals surface area (Å²) in [5.74, 6) is 0. The molecule has 0 aliphatic rings. The fourth-order valence-corrected chi connectivity index (χ4v) is 15.5. The summed E-state index contributed by atoms with van der Waals surface area (Å²) in [4.78, 5) is 0. The molecular formula is C91H175. The summed E-state index contributed by atoms with van der Waals surface area (Å²) in [5, 5.41) is 0. The van der Waals surface area contributed by atoms with Crippen molar-refractivity contribution in [3.05, 3.63) is 41.3 Å². The van der Waals surface area contributed by atoms with Gasteiger partial charge in [0.1, 0.15) is 0 Å². The number of aryl methyl sites for hydroxylation is 2. The van der Waals surface area contributed by atoms with Crippen molar-refractivity contribution in [1.82, 2.24) is 0 Å². The Morgan fingerprint density at radius 1 is 0.154 bits per heavy atom. The van der Waals surface area contributed by atoms with Crippen LogP contribution in [0.3, 0.4) is 0 Å². The first-order valence-corrected chi connectivity index (χ1v) is 44.2. The molecule has 0 amide bonds. The first-order chi connectivity index (χ1) is 45.2. The summed E-state index contributed by atoms with van der Waals surface area (Å²) < 4.78 is 0. The largest absolute Gasteiger partial charge is 0.0654 e. The summed E-state index contributed by atoms with van der Waals surface area (Å²) in [6.07, 6.45) is 118. The van der Waals surface area contributed by atoms with Gasteiger partial charge in [-0.25, -0.2) is 0 Å². The molecule has 539 valence electrons. The molecule has 0 heteroatoms. The molecule has 0 saturated carbocycles. The van der Waals surface area contributed by atoms with E-state index in [0.29, 0.717) is 0 Å². The molecule has 0 aliphatic heterocycles. The van der Waals surface area contributed by atoms with Crippen LogP contribution >= 0.6 is 0 Å². The lowest BCUT2D eigenvalue weighted by Gasteiger charge is -2.17. The maximum atomic E-state index is 4.57. The van der Waals surface area contributed by atoms with Crippen molar-refractivity contribution in [3.8, 4) is 0 Å². The van der Waals surface area contributed by atoms with Crippen molar-refractivity contribution in [2.75, 3.05) is 0 Å². The van der Waals surface area contributed by atoms with E-state index in [1.165, 1.54) is 526 Å². The number of hydrogen-bond acceptors (Lipinski definition) is 0. The van der Waals surface area contributed by atoms with Gasteiger partial charge in [0.15, 0.2) is 0 Å². The summed E-state index contributed by atoms with van der Waals surface area (Å²) in [6.45, 7) is 11.5. The van der Waals surface area contributed by atoms with E-state index in [1.807, 2.05) is 0 Å². The van der Waals surface area contributed by atoms with Crippen LogP contribution in [0.5, 0.6) is 0 Å². The highest BCUT2D eigenvalue weighted by atomic mass is 14.2. The topological polar surface area (TPSA) is 0 Å². The Morgan fingerprint density at radius 3 is 0.396 bits per heavy atom. The van der Waals surface area contributed by atoms with Crippen molar-refractivity contribution < 1.29 is 0 Å². The first kappa shape index (κ1) is 88.2. The molecule has 1 radical (unpaired) electrons. The monoisotopic (exact) mass is 1270 g/mol. The molecule has 0 nitrogen and oxygen atoms in total. The number of benzene rings is 1. The molecule has 0 saturated heterocycles. The lowest BCUT2D eigenvalue weighted by molar-refractivity contribution is 0.515. The average molecular weight is 1270 g/mol. The Morgan fingerprint density at radius 2 is 0.264 bits per heavy atom. The fourth-order valence-electron chi connectivity index (χ4n) is 15.5. The number of hydrogen-bond donors (Lipinski definition) is 0. The average Bonchev–Trinajstić information content (AvgIpc) is 2.82. The number of unbranched alkanes of at least 4 members (excludes halogenated alkanes) is 75. The Hall–Kier alpha value is -0.780. The zero-order valence-electron chi connectivity index (χ0n) is 64.1.